The molecule has 0 unspecified atom stereocenters. The van der Waals surface area contributed by atoms with Crippen LogP contribution in [0.3, 0.4) is 0 Å². The molecule has 0 aliphatic carbocycles. The molecule has 4 rings (SSSR count). The van der Waals surface area contributed by atoms with Gasteiger partial charge in [0.1, 0.15) is 16.9 Å². The van der Waals surface area contributed by atoms with Crippen LogP contribution in [0.4, 0.5) is 0 Å². The minimum atomic E-state index is -0.138. The minimum Gasteiger partial charge on any atom is -0.294 e. The summed E-state index contributed by atoms with van der Waals surface area (Å²) in [5, 5.41) is 5.28. The number of benzene rings is 1. The van der Waals surface area contributed by atoms with Gasteiger partial charge in [0, 0.05) is 6.20 Å². The molecule has 0 N–H and O–H groups in total. The first-order valence-corrected chi connectivity index (χ1v) is 8.51. The summed E-state index contributed by atoms with van der Waals surface area (Å²) in [6.45, 7) is 4.44. The molecule has 0 aliphatic rings. The molecule has 0 amide bonds. The summed E-state index contributed by atoms with van der Waals surface area (Å²) in [7, 11) is 0. The number of halogens is 1. The Bertz CT molecular complexity index is 1140. The predicted octanol–water partition coefficient (Wildman–Crippen LogP) is 3.30. The number of hydrogen-bond acceptors (Lipinski definition) is 4. The van der Waals surface area contributed by atoms with Crippen LogP contribution in [0, 0.1) is 13.8 Å². The third kappa shape index (κ3) is 2.99. The van der Waals surface area contributed by atoms with E-state index in [1.807, 2.05) is 32.0 Å². The van der Waals surface area contributed by atoms with E-state index in [1.165, 1.54) is 0 Å². The van der Waals surface area contributed by atoms with Gasteiger partial charge in [0.15, 0.2) is 5.65 Å². The van der Waals surface area contributed by atoms with Crippen LogP contribution in [-0.4, -0.2) is 24.3 Å². The lowest BCUT2D eigenvalue weighted by Crippen LogP contribution is -2.21. The van der Waals surface area contributed by atoms with Crippen molar-refractivity contribution in [2.75, 3.05) is 0 Å². The van der Waals surface area contributed by atoms with Crippen molar-refractivity contribution in [2.45, 2.75) is 20.4 Å². The summed E-state index contributed by atoms with van der Waals surface area (Å²) >= 11 is 5.80. The number of rotatable bonds is 3. The number of nitrogens with zero attached hydrogens (tertiary/aromatic N) is 5. The van der Waals surface area contributed by atoms with Crippen molar-refractivity contribution in [1.82, 2.24) is 24.3 Å². The molecule has 0 atom stereocenters. The average Bonchev–Trinajstić information content (AvgIpc) is 3.03. The number of hydrogen-bond donors (Lipinski definition) is 0. The Morgan fingerprint density at radius 3 is 2.50 bits per heavy atom. The summed E-state index contributed by atoms with van der Waals surface area (Å²) < 4.78 is 3.24. The van der Waals surface area contributed by atoms with Gasteiger partial charge in [-0.1, -0.05) is 23.7 Å². The quantitative estimate of drug-likeness (QED) is 0.522. The van der Waals surface area contributed by atoms with Crippen LogP contribution < -0.4 is 5.56 Å². The van der Waals surface area contributed by atoms with Crippen LogP contribution in [0.15, 0.2) is 53.8 Å². The molecule has 4 aromatic rings. The van der Waals surface area contributed by atoms with Gasteiger partial charge >= 0.3 is 0 Å². The largest absolute Gasteiger partial charge is 0.294 e. The van der Waals surface area contributed by atoms with Crippen molar-refractivity contribution in [2.24, 2.45) is 0 Å². The van der Waals surface area contributed by atoms with E-state index in [0.29, 0.717) is 22.7 Å². The first-order chi connectivity index (χ1) is 12.5. The maximum Gasteiger partial charge on any atom is 0.264 e. The molecule has 0 saturated heterocycles. The van der Waals surface area contributed by atoms with Crippen molar-refractivity contribution in [3.8, 4) is 5.69 Å². The first-order valence-electron chi connectivity index (χ1n) is 8.13. The van der Waals surface area contributed by atoms with E-state index >= 15 is 0 Å². The van der Waals surface area contributed by atoms with E-state index in [1.54, 1.807) is 34.0 Å². The lowest BCUT2D eigenvalue weighted by Gasteiger charge is -2.08. The van der Waals surface area contributed by atoms with Crippen LogP contribution in [0.2, 0.25) is 5.15 Å². The Balaban J connectivity index is 1.78. The van der Waals surface area contributed by atoms with Crippen molar-refractivity contribution in [1.29, 1.82) is 0 Å². The zero-order valence-electron chi connectivity index (χ0n) is 14.3. The summed E-state index contributed by atoms with van der Waals surface area (Å²) in [6, 6.07) is 9.67. The molecule has 0 aliphatic heterocycles. The molecule has 1 aromatic carbocycles. The van der Waals surface area contributed by atoms with Crippen molar-refractivity contribution in [3.05, 3.63) is 81.3 Å². The molecule has 130 valence electrons. The third-order valence-electron chi connectivity index (χ3n) is 4.15. The predicted molar refractivity (Wildman–Crippen MR) is 101 cm³/mol. The maximum absolute atomic E-state index is 12.8. The summed E-state index contributed by atoms with van der Waals surface area (Å²) in [5.74, 6) is 0. The second-order valence-corrected chi connectivity index (χ2v) is 6.69. The van der Waals surface area contributed by atoms with Crippen molar-refractivity contribution in [3.63, 3.8) is 0 Å². The highest BCUT2D eigenvalue weighted by Gasteiger charge is 2.12. The highest BCUT2D eigenvalue weighted by molar-refractivity contribution is 6.29. The van der Waals surface area contributed by atoms with Crippen LogP contribution in [0.1, 0.15) is 16.7 Å². The van der Waals surface area contributed by atoms with E-state index in [0.717, 1.165) is 22.4 Å². The first kappa shape index (κ1) is 16.5. The second-order valence-electron chi connectivity index (χ2n) is 6.31. The third-order valence-corrected chi connectivity index (χ3v) is 4.37. The fourth-order valence-electron chi connectivity index (χ4n) is 3.02. The van der Waals surface area contributed by atoms with E-state index in [9.17, 15) is 4.79 Å². The van der Waals surface area contributed by atoms with Gasteiger partial charge in [-0.25, -0.2) is 14.6 Å². The fraction of sp³-hybridized carbons (Fsp3) is 0.158. The molecule has 6 nitrogen and oxygen atoms in total. The number of pyridine rings is 1. The number of aryl methyl sites for hydroxylation is 2. The van der Waals surface area contributed by atoms with Crippen molar-refractivity contribution >= 4 is 22.6 Å². The second kappa shape index (κ2) is 6.38. The molecular weight excluding hydrogens is 350 g/mol. The molecule has 0 spiro atoms. The van der Waals surface area contributed by atoms with Crippen LogP contribution in [0.5, 0.6) is 0 Å². The number of aromatic nitrogens is 5. The number of fused-ring (bicyclic) bond motifs is 1. The molecule has 3 aromatic heterocycles. The molecule has 26 heavy (non-hydrogen) atoms. The monoisotopic (exact) mass is 365 g/mol. The summed E-state index contributed by atoms with van der Waals surface area (Å²) in [6.07, 6.45) is 4.76. The highest BCUT2D eigenvalue weighted by Crippen LogP contribution is 2.17. The Labute approximate surface area is 154 Å². The highest BCUT2D eigenvalue weighted by atomic mass is 35.5. The lowest BCUT2D eigenvalue weighted by atomic mass is 10.1. The zero-order chi connectivity index (χ0) is 18.3. The van der Waals surface area contributed by atoms with Gasteiger partial charge in [-0.05, 0) is 48.7 Å². The van der Waals surface area contributed by atoms with E-state index < -0.39 is 0 Å². The zero-order valence-corrected chi connectivity index (χ0v) is 15.1. The van der Waals surface area contributed by atoms with Crippen LogP contribution in [-0.2, 0) is 6.54 Å². The van der Waals surface area contributed by atoms with Gasteiger partial charge in [-0.2, -0.15) is 5.10 Å². The van der Waals surface area contributed by atoms with E-state index in [-0.39, 0.29) is 5.56 Å². The molecular formula is C19H16ClN5O. The van der Waals surface area contributed by atoms with Crippen molar-refractivity contribution < 1.29 is 0 Å². The smallest absolute Gasteiger partial charge is 0.264 e. The topological polar surface area (TPSA) is 65.6 Å². The summed E-state index contributed by atoms with van der Waals surface area (Å²) in [4.78, 5) is 21.3. The lowest BCUT2D eigenvalue weighted by molar-refractivity contribution is 0.742. The Morgan fingerprint density at radius 2 is 1.81 bits per heavy atom. The normalized spacial score (nSPS) is 11.2. The maximum atomic E-state index is 12.8. The van der Waals surface area contributed by atoms with Gasteiger partial charge in [-0.3, -0.25) is 9.36 Å². The van der Waals surface area contributed by atoms with Crippen LogP contribution >= 0.6 is 11.6 Å². The Hall–Kier alpha value is -2.99. The average molecular weight is 366 g/mol. The Morgan fingerprint density at radius 1 is 1.04 bits per heavy atom. The molecule has 0 bridgehead atoms. The minimum absolute atomic E-state index is 0.138. The van der Waals surface area contributed by atoms with Gasteiger partial charge in [0.05, 0.1) is 18.4 Å². The SMILES string of the molecule is Cc1cc(C)cc(-n2ncc3c(=O)n(Cc4ccc(Cl)nc4)cnc32)c1. The van der Waals surface area contributed by atoms with Gasteiger partial charge in [-0.15, -0.1) is 0 Å². The molecule has 3 heterocycles. The van der Waals surface area contributed by atoms with E-state index in [2.05, 4.69) is 21.1 Å². The van der Waals surface area contributed by atoms with Gasteiger partial charge in [0.2, 0.25) is 0 Å². The standard InChI is InChI=1S/C19H16ClN5O/c1-12-5-13(2)7-15(6-12)25-18-16(9-23-25)19(26)24(11-22-18)10-14-3-4-17(20)21-8-14/h3-9,11H,10H2,1-2H3. The Kier molecular flexibility index (Phi) is 4.05. The molecule has 0 radical (unpaired) electrons. The molecule has 0 saturated carbocycles. The van der Waals surface area contributed by atoms with Crippen LogP contribution in [0.25, 0.3) is 16.7 Å². The fourth-order valence-corrected chi connectivity index (χ4v) is 3.13. The summed E-state index contributed by atoms with van der Waals surface area (Å²) in [5.41, 5.74) is 4.44. The molecule has 0 fully saturated rings. The van der Waals surface area contributed by atoms with E-state index in [4.69, 9.17) is 11.6 Å². The van der Waals surface area contributed by atoms with Gasteiger partial charge < -0.3 is 0 Å². The molecule has 7 heteroatoms. The van der Waals surface area contributed by atoms with Gasteiger partial charge in [0.25, 0.3) is 5.56 Å².